The molecule has 0 unspecified atom stereocenters. The molecule has 17 heavy (non-hydrogen) atoms. The number of hydrogen-bond acceptors (Lipinski definition) is 3. The standard InChI is InChI=1S/C12H12N4S/c1-16-10-5-3-2-4-8(10)9(6-13)11(16)7-17-12(14)15/h2-5H,7H2,1H3,(H3,14,15). The van der Waals surface area contributed by atoms with Crippen molar-refractivity contribution in [2.45, 2.75) is 5.75 Å². The molecule has 2 aromatic rings. The van der Waals surface area contributed by atoms with Gasteiger partial charge >= 0.3 is 0 Å². The Morgan fingerprint density at radius 2 is 2.24 bits per heavy atom. The third kappa shape index (κ3) is 1.99. The maximum Gasteiger partial charge on any atom is 0.151 e. The van der Waals surface area contributed by atoms with Crippen LogP contribution in [0.5, 0.6) is 0 Å². The first-order chi connectivity index (χ1) is 8.15. The molecule has 1 aromatic carbocycles. The van der Waals surface area contributed by atoms with Crippen molar-refractivity contribution in [3.63, 3.8) is 0 Å². The smallest absolute Gasteiger partial charge is 0.151 e. The molecule has 1 heterocycles. The summed E-state index contributed by atoms with van der Waals surface area (Å²) in [6.45, 7) is 0. The van der Waals surface area contributed by atoms with Crippen molar-refractivity contribution >= 4 is 27.8 Å². The topological polar surface area (TPSA) is 78.6 Å². The van der Waals surface area contributed by atoms with Crippen LogP contribution in [0, 0.1) is 16.7 Å². The number of aromatic nitrogens is 1. The van der Waals surface area contributed by atoms with Gasteiger partial charge in [0.1, 0.15) is 6.07 Å². The fraction of sp³-hybridized carbons (Fsp3) is 0.167. The van der Waals surface area contributed by atoms with E-state index in [0.717, 1.165) is 16.6 Å². The molecule has 0 spiro atoms. The van der Waals surface area contributed by atoms with Crippen molar-refractivity contribution in [2.24, 2.45) is 12.8 Å². The molecule has 5 heteroatoms. The van der Waals surface area contributed by atoms with Gasteiger partial charge in [-0.2, -0.15) is 5.26 Å². The normalized spacial score (nSPS) is 10.4. The summed E-state index contributed by atoms with van der Waals surface area (Å²) >= 11 is 1.23. The molecule has 0 aliphatic heterocycles. The quantitative estimate of drug-likeness (QED) is 0.627. The third-order valence-corrected chi connectivity index (χ3v) is 3.43. The minimum absolute atomic E-state index is 0.0687. The lowest BCUT2D eigenvalue weighted by molar-refractivity contribution is 0.907. The van der Waals surface area contributed by atoms with Crippen LogP contribution in [0.25, 0.3) is 10.9 Å². The summed E-state index contributed by atoms with van der Waals surface area (Å²) in [6, 6.07) is 10.0. The summed E-state index contributed by atoms with van der Waals surface area (Å²) in [4.78, 5) is 0. The van der Waals surface area contributed by atoms with E-state index in [1.165, 1.54) is 11.8 Å². The van der Waals surface area contributed by atoms with Crippen molar-refractivity contribution < 1.29 is 0 Å². The van der Waals surface area contributed by atoms with E-state index < -0.39 is 0 Å². The average Bonchev–Trinajstić information content (AvgIpc) is 2.60. The summed E-state index contributed by atoms with van der Waals surface area (Å²) in [5.74, 6) is 0.545. The molecule has 3 N–H and O–H groups in total. The highest BCUT2D eigenvalue weighted by molar-refractivity contribution is 8.13. The molecule has 2 rings (SSSR count). The van der Waals surface area contributed by atoms with Crippen LogP contribution in [-0.4, -0.2) is 9.73 Å². The van der Waals surface area contributed by atoms with Gasteiger partial charge in [0.2, 0.25) is 0 Å². The minimum Gasteiger partial charge on any atom is -0.379 e. The molecule has 0 fully saturated rings. The Kier molecular flexibility index (Phi) is 3.07. The predicted molar refractivity (Wildman–Crippen MR) is 70.8 cm³/mol. The number of nitrogens with one attached hydrogen (secondary N) is 1. The fourth-order valence-corrected chi connectivity index (χ4v) is 2.52. The van der Waals surface area contributed by atoms with Gasteiger partial charge in [0.15, 0.2) is 5.17 Å². The maximum absolute atomic E-state index is 9.24. The summed E-state index contributed by atoms with van der Waals surface area (Å²) in [5, 5.41) is 17.5. The Labute approximate surface area is 104 Å². The van der Waals surface area contributed by atoms with Gasteiger partial charge in [-0.1, -0.05) is 30.0 Å². The molecular weight excluding hydrogens is 232 g/mol. The van der Waals surface area contributed by atoms with Crippen LogP contribution < -0.4 is 5.73 Å². The highest BCUT2D eigenvalue weighted by Gasteiger charge is 2.14. The van der Waals surface area contributed by atoms with Gasteiger partial charge in [0.05, 0.1) is 5.56 Å². The van der Waals surface area contributed by atoms with Crippen LogP contribution in [0.15, 0.2) is 24.3 Å². The van der Waals surface area contributed by atoms with E-state index in [1.54, 1.807) is 0 Å². The van der Waals surface area contributed by atoms with Crippen LogP contribution in [0.3, 0.4) is 0 Å². The van der Waals surface area contributed by atoms with E-state index in [2.05, 4.69) is 6.07 Å². The van der Waals surface area contributed by atoms with E-state index in [9.17, 15) is 5.26 Å². The molecule has 0 saturated carbocycles. The first-order valence-corrected chi connectivity index (χ1v) is 6.07. The Balaban J connectivity index is 2.58. The highest BCUT2D eigenvalue weighted by Crippen LogP contribution is 2.27. The second-order valence-corrected chi connectivity index (χ2v) is 4.68. The number of thioether (sulfide) groups is 1. The second-order valence-electron chi connectivity index (χ2n) is 3.66. The number of rotatable bonds is 2. The minimum atomic E-state index is 0.0687. The van der Waals surface area contributed by atoms with Gasteiger partial charge in [-0.25, -0.2) is 0 Å². The molecule has 0 bridgehead atoms. The van der Waals surface area contributed by atoms with Gasteiger partial charge in [-0.05, 0) is 6.07 Å². The van der Waals surface area contributed by atoms with Gasteiger partial charge in [0, 0.05) is 29.4 Å². The molecule has 0 aliphatic carbocycles. The first-order valence-electron chi connectivity index (χ1n) is 5.08. The van der Waals surface area contributed by atoms with Crippen molar-refractivity contribution in [3.05, 3.63) is 35.5 Å². The maximum atomic E-state index is 9.24. The van der Waals surface area contributed by atoms with Gasteiger partial charge in [-0.15, -0.1) is 0 Å². The van der Waals surface area contributed by atoms with Crippen molar-refractivity contribution in [1.29, 1.82) is 10.7 Å². The molecule has 1 aromatic heterocycles. The molecule has 86 valence electrons. The van der Waals surface area contributed by atoms with Crippen molar-refractivity contribution in [3.8, 4) is 6.07 Å². The van der Waals surface area contributed by atoms with Crippen LogP contribution >= 0.6 is 11.8 Å². The van der Waals surface area contributed by atoms with Crippen LogP contribution in [0.2, 0.25) is 0 Å². The van der Waals surface area contributed by atoms with Gasteiger partial charge in [-0.3, -0.25) is 5.41 Å². The summed E-state index contributed by atoms with van der Waals surface area (Å²) in [7, 11) is 1.93. The predicted octanol–water partition coefficient (Wildman–Crippen LogP) is 2.18. The summed E-state index contributed by atoms with van der Waals surface area (Å²) in [5.41, 5.74) is 7.95. The number of fused-ring (bicyclic) bond motifs is 1. The Morgan fingerprint density at radius 3 is 2.88 bits per heavy atom. The average molecular weight is 244 g/mol. The summed E-state index contributed by atoms with van der Waals surface area (Å²) in [6.07, 6.45) is 0. The number of aryl methyl sites for hydroxylation is 1. The number of nitriles is 1. The van der Waals surface area contributed by atoms with E-state index in [4.69, 9.17) is 11.1 Å². The van der Waals surface area contributed by atoms with E-state index >= 15 is 0 Å². The van der Waals surface area contributed by atoms with Gasteiger partial charge < -0.3 is 10.3 Å². The number of para-hydroxylation sites is 1. The third-order valence-electron chi connectivity index (χ3n) is 2.70. The Hall–Kier alpha value is -1.93. The fourth-order valence-electron chi connectivity index (χ4n) is 1.89. The molecule has 0 radical (unpaired) electrons. The lowest BCUT2D eigenvalue weighted by Crippen LogP contribution is -2.05. The molecule has 4 nitrogen and oxygen atoms in total. The number of nitrogens with zero attached hydrogens (tertiary/aromatic N) is 2. The summed E-state index contributed by atoms with van der Waals surface area (Å²) < 4.78 is 1.99. The monoisotopic (exact) mass is 244 g/mol. The Morgan fingerprint density at radius 1 is 1.53 bits per heavy atom. The molecule has 0 saturated heterocycles. The zero-order valence-corrected chi connectivity index (χ0v) is 10.2. The van der Waals surface area contributed by atoms with E-state index in [1.807, 2.05) is 35.9 Å². The SMILES string of the molecule is Cn1c(CSC(=N)N)c(C#N)c2ccccc21. The zero-order chi connectivity index (χ0) is 12.4. The lowest BCUT2D eigenvalue weighted by Gasteiger charge is -2.03. The number of nitrogens with two attached hydrogens (primary N) is 1. The molecule has 0 atom stereocenters. The largest absolute Gasteiger partial charge is 0.379 e. The zero-order valence-electron chi connectivity index (χ0n) is 9.40. The van der Waals surface area contributed by atoms with Crippen molar-refractivity contribution in [2.75, 3.05) is 0 Å². The van der Waals surface area contributed by atoms with Crippen molar-refractivity contribution in [1.82, 2.24) is 4.57 Å². The Bertz CT molecular complexity index is 621. The number of amidine groups is 1. The van der Waals surface area contributed by atoms with E-state index in [0.29, 0.717) is 11.3 Å². The van der Waals surface area contributed by atoms with E-state index in [-0.39, 0.29) is 5.17 Å². The van der Waals surface area contributed by atoms with Gasteiger partial charge in [0.25, 0.3) is 0 Å². The number of hydrogen-bond donors (Lipinski definition) is 2. The van der Waals surface area contributed by atoms with Crippen LogP contribution in [-0.2, 0) is 12.8 Å². The molecular formula is C12H12N4S. The molecule has 0 aliphatic rings. The molecule has 0 amide bonds. The van der Waals surface area contributed by atoms with Crippen LogP contribution in [0.1, 0.15) is 11.3 Å². The second kappa shape index (κ2) is 4.52. The van der Waals surface area contributed by atoms with Crippen LogP contribution in [0.4, 0.5) is 0 Å². The number of benzene rings is 1. The first kappa shape index (κ1) is 11.6. The lowest BCUT2D eigenvalue weighted by atomic mass is 10.1. The highest BCUT2D eigenvalue weighted by atomic mass is 32.2.